The summed E-state index contributed by atoms with van der Waals surface area (Å²) >= 11 is 0. The number of benzene rings is 1. The highest BCUT2D eigenvalue weighted by atomic mass is 16.2. The Balaban J connectivity index is 1.94. The monoisotopic (exact) mass is 313 g/mol. The van der Waals surface area contributed by atoms with E-state index in [9.17, 15) is 9.59 Å². The van der Waals surface area contributed by atoms with E-state index in [1.807, 2.05) is 12.1 Å². The summed E-state index contributed by atoms with van der Waals surface area (Å²) in [6.07, 6.45) is 0. The van der Waals surface area contributed by atoms with Crippen molar-refractivity contribution in [3.63, 3.8) is 0 Å². The number of carbonyl (C=O) groups is 1. The third-order valence-corrected chi connectivity index (χ3v) is 3.60. The first-order chi connectivity index (χ1) is 10.8. The van der Waals surface area contributed by atoms with E-state index in [-0.39, 0.29) is 23.4 Å². The van der Waals surface area contributed by atoms with Crippen LogP contribution in [0.3, 0.4) is 0 Å². The standard InChI is InChI=1S/C18H23N3O2/c1-13-5-10-17(23)21(20-13)12-16(22)19-11-14-6-8-15(9-7-14)18(2,3)4/h5-10H,11-12H2,1-4H3,(H,19,22). The van der Waals surface area contributed by atoms with E-state index < -0.39 is 0 Å². The van der Waals surface area contributed by atoms with Gasteiger partial charge in [-0.15, -0.1) is 0 Å². The van der Waals surface area contributed by atoms with Crippen LogP contribution in [-0.2, 0) is 23.3 Å². The summed E-state index contributed by atoms with van der Waals surface area (Å²) in [6, 6.07) is 11.2. The van der Waals surface area contributed by atoms with Crippen LogP contribution in [0, 0.1) is 6.92 Å². The summed E-state index contributed by atoms with van der Waals surface area (Å²) in [5.74, 6) is -0.231. The second-order valence-corrected chi connectivity index (χ2v) is 6.69. The number of aromatic nitrogens is 2. The quantitative estimate of drug-likeness (QED) is 0.941. The maximum atomic E-state index is 12.0. The van der Waals surface area contributed by atoms with Gasteiger partial charge >= 0.3 is 0 Å². The molecule has 0 bridgehead atoms. The molecule has 2 aromatic rings. The molecule has 0 aliphatic rings. The van der Waals surface area contributed by atoms with Crippen molar-refractivity contribution < 1.29 is 4.79 Å². The summed E-state index contributed by atoms with van der Waals surface area (Å²) in [6.45, 7) is 8.64. The number of nitrogens with zero attached hydrogens (tertiary/aromatic N) is 2. The molecule has 0 saturated heterocycles. The van der Waals surface area contributed by atoms with Crippen molar-refractivity contribution in [2.75, 3.05) is 0 Å². The normalized spacial score (nSPS) is 11.3. The molecule has 0 atom stereocenters. The van der Waals surface area contributed by atoms with E-state index in [0.29, 0.717) is 12.2 Å². The first-order valence-electron chi connectivity index (χ1n) is 7.66. The number of aryl methyl sites for hydroxylation is 1. The van der Waals surface area contributed by atoms with Gasteiger partial charge < -0.3 is 5.32 Å². The number of nitrogens with one attached hydrogen (secondary N) is 1. The molecule has 1 aromatic carbocycles. The predicted molar refractivity (Wildman–Crippen MR) is 90.2 cm³/mol. The number of hydrogen-bond acceptors (Lipinski definition) is 3. The molecule has 0 spiro atoms. The van der Waals surface area contributed by atoms with Crippen LogP contribution in [0.15, 0.2) is 41.2 Å². The molecule has 0 unspecified atom stereocenters. The van der Waals surface area contributed by atoms with E-state index >= 15 is 0 Å². The summed E-state index contributed by atoms with van der Waals surface area (Å²) in [7, 11) is 0. The zero-order valence-electron chi connectivity index (χ0n) is 14.1. The van der Waals surface area contributed by atoms with Crippen LogP contribution in [0.25, 0.3) is 0 Å². The lowest BCUT2D eigenvalue weighted by Gasteiger charge is -2.19. The minimum absolute atomic E-state index is 0.0689. The van der Waals surface area contributed by atoms with Crippen LogP contribution < -0.4 is 10.9 Å². The highest BCUT2D eigenvalue weighted by Crippen LogP contribution is 2.22. The van der Waals surface area contributed by atoms with Gasteiger partial charge in [0.1, 0.15) is 6.54 Å². The van der Waals surface area contributed by atoms with E-state index in [4.69, 9.17) is 0 Å². The molecule has 23 heavy (non-hydrogen) atoms. The van der Waals surface area contributed by atoms with Crippen molar-refractivity contribution >= 4 is 5.91 Å². The SMILES string of the molecule is Cc1ccc(=O)n(CC(=O)NCc2ccc(C(C)(C)C)cc2)n1. The predicted octanol–water partition coefficient (Wildman–Crippen LogP) is 2.17. The molecular weight excluding hydrogens is 290 g/mol. The Morgan fingerprint density at radius 3 is 2.39 bits per heavy atom. The highest BCUT2D eigenvalue weighted by molar-refractivity contribution is 5.75. The van der Waals surface area contributed by atoms with Crippen molar-refractivity contribution in [1.82, 2.24) is 15.1 Å². The Hall–Kier alpha value is -2.43. The van der Waals surface area contributed by atoms with Gasteiger partial charge in [0.15, 0.2) is 0 Å². The Kier molecular flexibility index (Phi) is 4.98. The van der Waals surface area contributed by atoms with Crippen molar-refractivity contribution in [2.45, 2.75) is 46.2 Å². The van der Waals surface area contributed by atoms with E-state index in [2.05, 4.69) is 43.3 Å². The number of carbonyl (C=O) groups excluding carboxylic acids is 1. The maximum absolute atomic E-state index is 12.0. The summed E-state index contributed by atoms with van der Waals surface area (Å²) < 4.78 is 1.17. The third kappa shape index (κ3) is 4.77. The van der Waals surface area contributed by atoms with Gasteiger partial charge in [-0.1, -0.05) is 45.0 Å². The molecule has 5 nitrogen and oxygen atoms in total. The molecule has 0 aliphatic carbocycles. The van der Waals surface area contributed by atoms with Gasteiger partial charge in [0.25, 0.3) is 5.56 Å². The molecule has 5 heteroatoms. The van der Waals surface area contributed by atoms with Gasteiger partial charge in [-0.25, -0.2) is 4.68 Å². The Bertz CT molecular complexity index is 740. The van der Waals surface area contributed by atoms with Crippen LogP contribution in [0.5, 0.6) is 0 Å². The number of amides is 1. The summed E-state index contributed by atoms with van der Waals surface area (Å²) in [5.41, 5.74) is 2.81. The lowest BCUT2D eigenvalue weighted by molar-refractivity contribution is -0.122. The first-order valence-corrected chi connectivity index (χ1v) is 7.66. The van der Waals surface area contributed by atoms with Crippen molar-refractivity contribution in [3.05, 3.63) is 63.6 Å². The minimum atomic E-state index is -0.278. The lowest BCUT2D eigenvalue weighted by Crippen LogP contribution is -2.33. The average molecular weight is 313 g/mol. The molecular formula is C18H23N3O2. The van der Waals surface area contributed by atoms with Crippen LogP contribution in [-0.4, -0.2) is 15.7 Å². The third-order valence-electron chi connectivity index (χ3n) is 3.60. The molecule has 1 amide bonds. The molecule has 0 aliphatic heterocycles. The maximum Gasteiger partial charge on any atom is 0.267 e. The average Bonchev–Trinajstić information content (AvgIpc) is 2.48. The van der Waals surface area contributed by atoms with Gasteiger partial charge in [-0.2, -0.15) is 5.10 Å². The number of hydrogen-bond donors (Lipinski definition) is 1. The Morgan fingerprint density at radius 2 is 1.78 bits per heavy atom. The van der Waals surface area contributed by atoms with E-state index in [0.717, 1.165) is 5.56 Å². The zero-order chi connectivity index (χ0) is 17.0. The molecule has 0 fully saturated rings. The fourth-order valence-electron chi connectivity index (χ4n) is 2.18. The molecule has 1 aromatic heterocycles. The fraction of sp³-hybridized carbons (Fsp3) is 0.389. The Morgan fingerprint density at radius 1 is 1.13 bits per heavy atom. The van der Waals surface area contributed by atoms with Gasteiger partial charge in [-0.3, -0.25) is 9.59 Å². The molecule has 1 N–H and O–H groups in total. The van der Waals surface area contributed by atoms with Crippen LogP contribution in [0.1, 0.15) is 37.6 Å². The summed E-state index contributed by atoms with van der Waals surface area (Å²) in [5, 5.41) is 6.86. The van der Waals surface area contributed by atoms with Gasteiger partial charge in [0.05, 0.1) is 5.69 Å². The van der Waals surface area contributed by atoms with Crippen LogP contribution in [0.4, 0.5) is 0 Å². The van der Waals surface area contributed by atoms with Crippen molar-refractivity contribution in [1.29, 1.82) is 0 Å². The molecule has 2 rings (SSSR count). The fourth-order valence-corrected chi connectivity index (χ4v) is 2.18. The molecule has 1 heterocycles. The van der Waals surface area contributed by atoms with Crippen molar-refractivity contribution in [2.24, 2.45) is 0 Å². The van der Waals surface area contributed by atoms with Crippen molar-refractivity contribution in [3.8, 4) is 0 Å². The second kappa shape index (κ2) is 6.77. The Labute approximate surface area is 136 Å². The lowest BCUT2D eigenvalue weighted by atomic mass is 9.87. The molecule has 0 radical (unpaired) electrons. The van der Waals surface area contributed by atoms with Crippen LogP contribution in [0.2, 0.25) is 0 Å². The topological polar surface area (TPSA) is 64.0 Å². The van der Waals surface area contributed by atoms with Gasteiger partial charge in [0.2, 0.25) is 5.91 Å². The van der Waals surface area contributed by atoms with Gasteiger partial charge in [-0.05, 0) is 29.5 Å². The van der Waals surface area contributed by atoms with E-state index in [1.165, 1.54) is 16.3 Å². The zero-order valence-corrected chi connectivity index (χ0v) is 14.1. The highest BCUT2D eigenvalue weighted by Gasteiger charge is 2.13. The first kappa shape index (κ1) is 16.9. The molecule has 122 valence electrons. The second-order valence-electron chi connectivity index (χ2n) is 6.69. The number of rotatable bonds is 4. The van der Waals surface area contributed by atoms with Gasteiger partial charge in [0, 0.05) is 12.6 Å². The summed E-state index contributed by atoms with van der Waals surface area (Å²) in [4.78, 5) is 23.6. The largest absolute Gasteiger partial charge is 0.350 e. The smallest absolute Gasteiger partial charge is 0.267 e. The van der Waals surface area contributed by atoms with Crippen LogP contribution >= 0.6 is 0 Å². The molecule has 0 saturated carbocycles. The minimum Gasteiger partial charge on any atom is -0.350 e. The van der Waals surface area contributed by atoms with E-state index in [1.54, 1.807) is 13.0 Å².